The van der Waals surface area contributed by atoms with Crippen LogP contribution >= 0.6 is 0 Å². The molecule has 0 saturated heterocycles. The third-order valence-corrected chi connectivity index (χ3v) is 3.64. The van der Waals surface area contributed by atoms with Gasteiger partial charge in [0.2, 0.25) is 10.0 Å². The molecule has 100 valence electrons. The SMILES string of the molecule is CCCc1ccc(NS(=O)(=O)CCC(=O)O)cc1. The van der Waals surface area contributed by atoms with Gasteiger partial charge in [0.05, 0.1) is 12.2 Å². The van der Waals surface area contributed by atoms with Crippen LogP contribution in [0.4, 0.5) is 5.69 Å². The van der Waals surface area contributed by atoms with Crippen molar-refractivity contribution >= 4 is 21.7 Å². The van der Waals surface area contributed by atoms with Crippen LogP contribution in [0, 0.1) is 0 Å². The highest BCUT2D eigenvalue weighted by Crippen LogP contribution is 2.13. The fraction of sp³-hybridized carbons (Fsp3) is 0.417. The first-order valence-corrected chi connectivity index (χ1v) is 7.39. The lowest BCUT2D eigenvalue weighted by Crippen LogP contribution is -2.18. The van der Waals surface area contributed by atoms with Crippen molar-refractivity contribution in [3.63, 3.8) is 0 Å². The first kappa shape index (κ1) is 14.5. The molecule has 0 spiro atoms. The Balaban J connectivity index is 2.63. The Hall–Kier alpha value is -1.56. The highest BCUT2D eigenvalue weighted by molar-refractivity contribution is 7.92. The zero-order chi connectivity index (χ0) is 13.6. The molecule has 0 amide bonds. The summed E-state index contributed by atoms with van der Waals surface area (Å²) in [5.41, 5.74) is 1.60. The van der Waals surface area contributed by atoms with E-state index >= 15 is 0 Å². The number of carbonyl (C=O) groups is 1. The molecule has 0 aliphatic heterocycles. The second-order valence-electron chi connectivity index (χ2n) is 4.01. The molecule has 0 heterocycles. The maximum atomic E-state index is 11.5. The number of benzene rings is 1. The molecular formula is C12H17NO4S. The predicted molar refractivity (Wildman–Crippen MR) is 70.1 cm³/mol. The second-order valence-corrected chi connectivity index (χ2v) is 5.85. The van der Waals surface area contributed by atoms with Crippen LogP contribution < -0.4 is 4.72 Å². The minimum Gasteiger partial charge on any atom is -0.481 e. The van der Waals surface area contributed by atoms with E-state index in [1.165, 1.54) is 0 Å². The summed E-state index contributed by atoms with van der Waals surface area (Å²) in [6, 6.07) is 7.09. The van der Waals surface area contributed by atoms with Gasteiger partial charge in [0, 0.05) is 5.69 Å². The van der Waals surface area contributed by atoms with Gasteiger partial charge in [-0.2, -0.15) is 0 Å². The molecule has 1 aromatic rings. The Labute approximate surface area is 107 Å². The Morgan fingerprint density at radius 2 is 1.89 bits per heavy atom. The van der Waals surface area contributed by atoms with Gasteiger partial charge in [0.25, 0.3) is 0 Å². The highest BCUT2D eigenvalue weighted by Gasteiger charge is 2.12. The lowest BCUT2D eigenvalue weighted by Gasteiger charge is -2.07. The zero-order valence-corrected chi connectivity index (χ0v) is 11.0. The van der Waals surface area contributed by atoms with Crippen molar-refractivity contribution in [1.29, 1.82) is 0 Å². The van der Waals surface area contributed by atoms with Crippen LogP contribution in [-0.4, -0.2) is 25.2 Å². The van der Waals surface area contributed by atoms with Crippen LogP contribution in [0.15, 0.2) is 24.3 Å². The quantitative estimate of drug-likeness (QED) is 0.792. The molecule has 6 heteroatoms. The van der Waals surface area contributed by atoms with E-state index < -0.39 is 28.2 Å². The van der Waals surface area contributed by atoms with E-state index in [9.17, 15) is 13.2 Å². The number of aliphatic carboxylic acids is 1. The number of nitrogens with one attached hydrogen (secondary N) is 1. The van der Waals surface area contributed by atoms with Crippen molar-refractivity contribution in [1.82, 2.24) is 0 Å². The zero-order valence-electron chi connectivity index (χ0n) is 10.2. The summed E-state index contributed by atoms with van der Waals surface area (Å²) in [6.07, 6.45) is 1.58. The van der Waals surface area contributed by atoms with E-state index in [4.69, 9.17) is 5.11 Å². The summed E-state index contributed by atoms with van der Waals surface area (Å²) in [4.78, 5) is 10.3. The average Bonchev–Trinajstić information content (AvgIpc) is 2.29. The summed E-state index contributed by atoms with van der Waals surface area (Å²) in [6.45, 7) is 2.07. The summed E-state index contributed by atoms with van der Waals surface area (Å²) in [5.74, 6) is -1.54. The third-order valence-electron chi connectivity index (χ3n) is 2.35. The largest absolute Gasteiger partial charge is 0.481 e. The topological polar surface area (TPSA) is 83.5 Å². The Bertz CT molecular complexity index is 493. The van der Waals surface area contributed by atoms with Crippen molar-refractivity contribution in [3.05, 3.63) is 29.8 Å². The summed E-state index contributed by atoms with van der Waals surface area (Å²) in [7, 11) is -3.59. The predicted octanol–water partition coefficient (Wildman–Crippen LogP) is 1.86. The van der Waals surface area contributed by atoms with Crippen LogP contribution in [0.25, 0.3) is 0 Å². The molecule has 0 aliphatic carbocycles. The first-order valence-electron chi connectivity index (χ1n) is 5.74. The van der Waals surface area contributed by atoms with Gasteiger partial charge in [0.15, 0.2) is 0 Å². The molecule has 0 atom stereocenters. The summed E-state index contributed by atoms with van der Waals surface area (Å²) in [5, 5.41) is 8.45. The first-order chi connectivity index (χ1) is 8.43. The number of sulfonamides is 1. The summed E-state index contributed by atoms with van der Waals surface area (Å²) >= 11 is 0. The maximum Gasteiger partial charge on any atom is 0.304 e. The lowest BCUT2D eigenvalue weighted by atomic mass is 10.1. The second kappa shape index (κ2) is 6.39. The van der Waals surface area contributed by atoms with Gasteiger partial charge in [-0.05, 0) is 24.1 Å². The third kappa shape index (κ3) is 5.18. The van der Waals surface area contributed by atoms with E-state index in [0.717, 1.165) is 18.4 Å². The number of rotatable bonds is 7. The highest BCUT2D eigenvalue weighted by atomic mass is 32.2. The minimum atomic E-state index is -3.59. The molecule has 0 bridgehead atoms. The van der Waals surface area contributed by atoms with Crippen molar-refractivity contribution in [2.24, 2.45) is 0 Å². The number of hydrogen-bond donors (Lipinski definition) is 2. The number of carboxylic acid groups (broad SMARTS) is 1. The molecule has 18 heavy (non-hydrogen) atoms. The summed E-state index contributed by atoms with van der Waals surface area (Å²) < 4.78 is 25.4. The van der Waals surface area contributed by atoms with Crippen molar-refractivity contribution in [3.8, 4) is 0 Å². The van der Waals surface area contributed by atoms with E-state index in [1.54, 1.807) is 12.1 Å². The molecule has 1 aromatic carbocycles. The fourth-order valence-corrected chi connectivity index (χ4v) is 2.52. The molecule has 0 radical (unpaired) electrons. The number of hydrogen-bond acceptors (Lipinski definition) is 3. The van der Waals surface area contributed by atoms with Crippen molar-refractivity contribution in [2.45, 2.75) is 26.2 Å². The maximum absolute atomic E-state index is 11.5. The molecule has 0 unspecified atom stereocenters. The standard InChI is InChI=1S/C12H17NO4S/c1-2-3-10-4-6-11(7-5-10)13-18(16,17)9-8-12(14)15/h4-7,13H,2-3,8-9H2,1H3,(H,14,15). The number of anilines is 1. The molecule has 0 aliphatic rings. The van der Waals surface area contributed by atoms with E-state index in [1.807, 2.05) is 12.1 Å². The Morgan fingerprint density at radius 1 is 1.28 bits per heavy atom. The lowest BCUT2D eigenvalue weighted by molar-refractivity contribution is -0.136. The number of carboxylic acids is 1. The van der Waals surface area contributed by atoms with Crippen LogP contribution in [0.5, 0.6) is 0 Å². The van der Waals surface area contributed by atoms with Gasteiger partial charge in [-0.1, -0.05) is 25.5 Å². The molecule has 2 N–H and O–H groups in total. The molecule has 5 nitrogen and oxygen atoms in total. The van der Waals surface area contributed by atoms with Crippen molar-refractivity contribution in [2.75, 3.05) is 10.5 Å². The molecule has 0 saturated carbocycles. The van der Waals surface area contributed by atoms with Gasteiger partial charge < -0.3 is 5.11 Å². The normalized spacial score (nSPS) is 11.2. The Kier molecular flexibility index (Phi) is 5.15. The van der Waals surface area contributed by atoms with Crippen LogP contribution in [0.3, 0.4) is 0 Å². The fourth-order valence-electron chi connectivity index (χ4n) is 1.48. The smallest absolute Gasteiger partial charge is 0.304 e. The van der Waals surface area contributed by atoms with Gasteiger partial charge in [-0.3, -0.25) is 9.52 Å². The molecule has 1 rings (SSSR count). The van der Waals surface area contributed by atoms with E-state index in [0.29, 0.717) is 5.69 Å². The van der Waals surface area contributed by atoms with Gasteiger partial charge >= 0.3 is 5.97 Å². The van der Waals surface area contributed by atoms with E-state index in [2.05, 4.69) is 11.6 Å². The molecule has 0 fully saturated rings. The van der Waals surface area contributed by atoms with Gasteiger partial charge in [-0.15, -0.1) is 0 Å². The monoisotopic (exact) mass is 271 g/mol. The van der Waals surface area contributed by atoms with E-state index in [-0.39, 0.29) is 0 Å². The molecule has 0 aromatic heterocycles. The average molecular weight is 271 g/mol. The number of aryl methyl sites for hydroxylation is 1. The van der Waals surface area contributed by atoms with Gasteiger partial charge in [-0.25, -0.2) is 8.42 Å². The van der Waals surface area contributed by atoms with Gasteiger partial charge in [0.1, 0.15) is 0 Å². The van der Waals surface area contributed by atoms with Crippen LogP contribution in [0.1, 0.15) is 25.3 Å². The van der Waals surface area contributed by atoms with Crippen LogP contribution in [0.2, 0.25) is 0 Å². The van der Waals surface area contributed by atoms with Crippen molar-refractivity contribution < 1.29 is 18.3 Å². The minimum absolute atomic E-state index is 0.400. The van der Waals surface area contributed by atoms with Crippen LogP contribution in [-0.2, 0) is 21.2 Å². The molecular weight excluding hydrogens is 254 g/mol. The Morgan fingerprint density at radius 3 is 2.39 bits per heavy atom.